The highest BCUT2D eigenvalue weighted by molar-refractivity contribution is 7.89. The average Bonchev–Trinajstić information content (AvgIpc) is 3.83. The first-order valence-electron chi connectivity index (χ1n) is 15.2. The number of nitrogens with zero attached hydrogens (tertiary/aromatic N) is 3. The summed E-state index contributed by atoms with van der Waals surface area (Å²) >= 11 is 12.5. The van der Waals surface area contributed by atoms with Crippen molar-refractivity contribution in [3.05, 3.63) is 129 Å². The molecule has 1 saturated heterocycles. The van der Waals surface area contributed by atoms with Gasteiger partial charge in [-0.3, -0.25) is 0 Å². The average molecular weight is 685 g/mol. The highest BCUT2D eigenvalue weighted by atomic mass is 35.5. The Hall–Kier alpha value is -3.37. The van der Waals surface area contributed by atoms with Gasteiger partial charge in [0.25, 0.3) is 0 Å². The maximum absolute atomic E-state index is 13.4. The number of rotatable bonds is 7. The van der Waals surface area contributed by atoms with Gasteiger partial charge in [-0.15, -0.1) is 0 Å². The van der Waals surface area contributed by atoms with E-state index in [1.807, 2.05) is 48.5 Å². The fourth-order valence-corrected chi connectivity index (χ4v) is 8.30. The van der Waals surface area contributed by atoms with Crippen molar-refractivity contribution in [2.75, 3.05) is 13.1 Å². The Labute approximate surface area is 275 Å². The second-order valence-electron chi connectivity index (χ2n) is 12.1. The van der Waals surface area contributed by atoms with Gasteiger partial charge in [-0.2, -0.15) is 17.5 Å². The van der Waals surface area contributed by atoms with Gasteiger partial charge in [0, 0.05) is 41.0 Å². The minimum Gasteiger partial charge on any atom is -0.325 e. The summed E-state index contributed by atoms with van der Waals surface area (Å²) in [4.78, 5) is 4.72. The predicted molar refractivity (Wildman–Crippen MR) is 174 cm³/mol. The maximum atomic E-state index is 13.4. The molecule has 11 heteroatoms. The molecule has 238 valence electrons. The molecule has 0 unspecified atom stereocenters. The molecule has 0 radical (unpaired) electrons. The van der Waals surface area contributed by atoms with Crippen LogP contribution in [0.2, 0.25) is 10.0 Å². The lowest BCUT2D eigenvalue weighted by Gasteiger charge is -2.33. The third-order valence-corrected chi connectivity index (χ3v) is 11.4. The van der Waals surface area contributed by atoms with Crippen LogP contribution in [-0.4, -0.2) is 35.4 Å². The Morgan fingerprint density at radius 1 is 0.761 bits per heavy atom. The molecule has 0 N–H and O–H groups in total. The number of fused-ring (bicyclic) bond motifs is 1. The second kappa shape index (κ2) is 12.0. The lowest BCUT2D eigenvalue weighted by Crippen LogP contribution is -2.39. The zero-order chi connectivity index (χ0) is 32.2. The molecule has 1 saturated carbocycles. The number of benzene rings is 4. The number of piperidine rings is 1. The fourth-order valence-electron chi connectivity index (χ4n) is 6.53. The van der Waals surface area contributed by atoms with Crippen LogP contribution in [0.5, 0.6) is 0 Å². The molecule has 2 aliphatic rings. The summed E-state index contributed by atoms with van der Waals surface area (Å²) in [6.07, 6.45) is -1.48. The topological polar surface area (TPSA) is 55.2 Å². The Bertz CT molecular complexity index is 1950. The van der Waals surface area contributed by atoms with Gasteiger partial charge in [0.1, 0.15) is 5.82 Å². The van der Waals surface area contributed by atoms with Gasteiger partial charge >= 0.3 is 6.18 Å². The van der Waals surface area contributed by atoms with Gasteiger partial charge in [-0.25, -0.2) is 13.4 Å². The lowest BCUT2D eigenvalue weighted by atomic mass is 9.85. The molecule has 1 aliphatic heterocycles. The number of sulfonamides is 1. The monoisotopic (exact) mass is 683 g/mol. The molecule has 2 fully saturated rings. The van der Waals surface area contributed by atoms with E-state index >= 15 is 0 Å². The van der Waals surface area contributed by atoms with E-state index in [2.05, 4.69) is 22.8 Å². The van der Waals surface area contributed by atoms with E-state index in [-0.39, 0.29) is 29.9 Å². The van der Waals surface area contributed by atoms with Crippen LogP contribution in [0, 0.1) is 0 Å². The first-order valence-corrected chi connectivity index (χ1v) is 17.4. The number of halogens is 5. The maximum Gasteiger partial charge on any atom is 0.416 e. The highest BCUT2D eigenvalue weighted by Crippen LogP contribution is 2.44. The lowest BCUT2D eigenvalue weighted by molar-refractivity contribution is -0.137. The fraction of sp³-hybridized carbons (Fsp3) is 0.286. The van der Waals surface area contributed by atoms with Crippen LogP contribution in [-0.2, 0) is 16.2 Å². The van der Waals surface area contributed by atoms with Crippen molar-refractivity contribution in [1.82, 2.24) is 13.9 Å². The molecule has 4 aromatic carbocycles. The van der Waals surface area contributed by atoms with Crippen molar-refractivity contribution in [3.63, 3.8) is 0 Å². The molecule has 0 atom stereocenters. The van der Waals surface area contributed by atoms with Gasteiger partial charge in [0.2, 0.25) is 10.0 Å². The molecule has 5 aromatic rings. The van der Waals surface area contributed by atoms with Crippen molar-refractivity contribution in [2.45, 2.75) is 54.6 Å². The zero-order valence-electron chi connectivity index (χ0n) is 24.6. The van der Waals surface area contributed by atoms with Crippen molar-refractivity contribution in [1.29, 1.82) is 0 Å². The summed E-state index contributed by atoms with van der Waals surface area (Å²) in [5, 5.41) is 1.31. The molecular formula is C35H30Cl2F3N3O2S. The number of imidazole rings is 1. The van der Waals surface area contributed by atoms with E-state index < -0.39 is 21.8 Å². The van der Waals surface area contributed by atoms with Gasteiger partial charge in [0.05, 0.1) is 21.5 Å². The highest BCUT2D eigenvalue weighted by Gasteiger charge is 2.37. The molecule has 1 aliphatic carbocycles. The van der Waals surface area contributed by atoms with E-state index in [4.69, 9.17) is 28.2 Å². The quantitative estimate of drug-likeness (QED) is 0.161. The Balaban J connectivity index is 1.23. The van der Waals surface area contributed by atoms with Crippen LogP contribution < -0.4 is 0 Å². The molecule has 0 amide bonds. The number of aromatic nitrogens is 2. The first kappa shape index (κ1) is 31.2. The second-order valence-corrected chi connectivity index (χ2v) is 14.9. The Morgan fingerprint density at radius 2 is 1.35 bits per heavy atom. The van der Waals surface area contributed by atoms with Gasteiger partial charge in [0.15, 0.2) is 0 Å². The van der Waals surface area contributed by atoms with Crippen molar-refractivity contribution in [2.24, 2.45) is 0 Å². The summed E-state index contributed by atoms with van der Waals surface area (Å²) in [6.45, 7) is 0.399. The summed E-state index contributed by atoms with van der Waals surface area (Å²) in [5.41, 5.74) is 4.13. The molecule has 7 rings (SSSR count). The van der Waals surface area contributed by atoms with Crippen LogP contribution in [0.25, 0.3) is 11.0 Å². The summed E-state index contributed by atoms with van der Waals surface area (Å²) < 4.78 is 70.4. The van der Waals surface area contributed by atoms with E-state index in [1.165, 1.54) is 10.4 Å². The molecule has 1 aromatic heterocycles. The molecule has 5 nitrogen and oxygen atoms in total. The minimum atomic E-state index is -4.63. The van der Waals surface area contributed by atoms with Gasteiger partial charge in [-0.05, 0) is 97.0 Å². The normalized spacial score (nSPS) is 16.8. The van der Waals surface area contributed by atoms with Crippen LogP contribution in [0.15, 0.2) is 95.9 Å². The number of hydrogen-bond donors (Lipinski definition) is 0. The predicted octanol–water partition coefficient (Wildman–Crippen LogP) is 9.45. The summed E-state index contributed by atoms with van der Waals surface area (Å²) in [6, 6.07) is 26.0. The first-order chi connectivity index (χ1) is 22.0. The Kier molecular flexibility index (Phi) is 8.16. The van der Waals surface area contributed by atoms with Crippen molar-refractivity contribution < 1.29 is 21.6 Å². The largest absolute Gasteiger partial charge is 0.416 e. The van der Waals surface area contributed by atoms with Crippen LogP contribution in [0.3, 0.4) is 0 Å². The van der Waals surface area contributed by atoms with Crippen molar-refractivity contribution in [3.8, 4) is 0 Å². The molecule has 0 bridgehead atoms. The van der Waals surface area contributed by atoms with Gasteiger partial charge in [-0.1, -0.05) is 59.6 Å². The zero-order valence-corrected chi connectivity index (χ0v) is 26.9. The van der Waals surface area contributed by atoms with E-state index in [1.54, 1.807) is 0 Å². The SMILES string of the molecule is O=S(=O)(c1cccc(C(F)(F)F)c1)N1CCC(n2c(C3CC3)nc3ccc(C(c4ccc(Cl)cc4)c4ccc(Cl)cc4)cc32)CC1. The van der Waals surface area contributed by atoms with Gasteiger partial charge < -0.3 is 4.57 Å². The number of hydrogen-bond acceptors (Lipinski definition) is 3. The van der Waals surface area contributed by atoms with E-state index in [9.17, 15) is 21.6 Å². The third kappa shape index (κ3) is 6.06. The van der Waals surface area contributed by atoms with E-state index in [0.29, 0.717) is 28.8 Å². The minimum absolute atomic E-state index is 0.00618. The van der Waals surface area contributed by atoms with Crippen LogP contribution >= 0.6 is 23.2 Å². The smallest absolute Gasteiger partial charge is 0.325 e. The van der Waals surface area contributed by atoms with E-state index in [0.717, 1.165) is 64.6 Å². The van der Waals surface area contributed by atoms with Crippen LogP contribution in [0.4, 0.5) is 13.2 Å². The molecule has 0 spiro atoms. The molecule has 2 heterocycles. The number of alkyl halides is 3. The summed E-state index contributed by atoms with van der Waals surface area (Å²) in [5.74, 6) is 1.28. The third-order valence-electron chi connectivity index (χ3n) is 9.01. The molecule has 46 heavy (non-hydrogen) atoms. The van der Waals surface area contributed by atoms with Crippen molar-refractivity contribution >= 4 is 44.3 Å². The Morgan fingerprint density at radius 3 is 1.91 bits per heavy atom. The summed E-state index contributed by atoms with van der Waals surface area (Å²) in [7, 11) is -4.09. The molecular weight excluding hydrogens is 654 g/mol. The van der Waals surface area contributed by atoms with Crippen LogP contribution in [0.1, 0.15) is 71.6 Å². The standard InChI is InChI=1S/C35H30Cl2F3N3O2S/c36-27-11-6-22(7-12-27)33(23-8-13-28(37)14-9-23)25-10-15-31-32(20-25)43(34(41-31)24-4-5-24)29-16-18-42(19-17-29)46(44,45)30-3-1-2-26(21-30)35(38,39)40/h1-3,6-15,20-21,24,29,33H,4-5,16-19H2.